The van der Waals surface area contributed by atoms with Crippen LogP contribution in [0.3, 0.4) is 0 Å². The Kier molecular flexibility index (Phi) is 6.23. The first-order valence-electron chi connectivity index (χ1n) is 6.13. The lowest BCUT2D eigenvalue weighted by Crippen LogP contribution is -2.22. The number of hydrogen-bond acceptors (Lipinski definition) is 2. The van der Waals surface area contributed by atoms with Gasteiger partial charge in [-0.3, -0.25) is 0 Å². The molecule has 0 aliphatic rings. The van der Waals surface area contributed by atoms with Crippen molar-refractivity contribution in [3.05, 3.63) is 53.3 Å². The molecule has 0 aliphatic carbocycles. The maximum absolute atomic E-state index is 13.9. The summed E-state index contributed by atoms with van der Waals surface area (Å²) in [5.41, 5.74) is 0.714. The van der Waals surface area contributed by atoms with Crippen molar-refractivity contribution in [2.24, 2.45) is 0 Å². The Morgan fingerprint density at radius 2 is 2.00 bits per heavy atom. The van der Waals surface area contributed by atoms with Crippen molar-refractivity contribution < 1.29 is 4.39 Å². The van der Waals surface area contributed by atoms with Gasteiger partial charge in [-0.1, -0.05) is 22.9 Å². The Labute approximate surface area is 147 Å². The summed E-state index contributed by atoms with van der Waals surface area (Å²) in [4.78, 5) is 1.19. The van der Waals surface area contributed by atoms with Gasteiger partial charge in [-0.25, -0.2) is 4.39 Å². The molecule has 1 aromatic carbocycles. The monoisotopic (exact) mass is 483 g/mol. The van der Waals surface area contributed by atoms with Crippen LogP contribution < -0.4 is 5.32 Å². The van der Waals surface area contributed by atoms with Crippen molar-refractivity contribution in [1.82, 2.24) is 5.32 Å². The lowest BCUT2D eigenvalue weighted by molar-refractivity contribution is 0.534. The maximum Gasteiger partial charge on any atom is 0.126 e. The summed E-state index contributed by atoms with van der Waals surface area (Å²) in [7, 11) is 0. The number of thiophene rings is 1. The molecule has 0 saturated carbocycles. The summed E-state index contributed by atoms with van der Waals surface area (Å²) >= 11 is 12.1. The van der Waals surface area contributed by atoms with Gasteiger partial charge in [0, 0.05) is 19.9 Å². The average Bonchev–Trinajstić information content (AvgIpc) is 2.73. The molecule has 0 spiro atoms. The highest BCUT2D eigenvalue weighted by Gasteiger charge is 2.17. The normalized spacial score (nSPS) is 12.7. The molecule has 0 saturated heterocycles. The quantitative estimate of drug-likeness (QED) is 0.542. The van der Waals surface area contributed by atoms with Crippen LogP contribution in [0.4, 0.5) is 4.39 Å². The van der Waals surface area contributed by atoms with E-state index in [2.05, 4.69) is 66.1 Å². The number of halogens is 4. The van der Waals surface area contributed by atoms with E-state index in [4.69, 9.17) is 0 Å². The highest BCUT2D eigenvalue weighted by molar-refractivity contribution is 9.13. The van der Waals surface area contributed by atoms with Crippen LogP contribution in [-0.4, -0.2) is 6.54 Å². The summed E-state index contributed by atoms with van der Waals surface area (Å²) in [5, 5.41) is 3.42. The Bertz CT molecular complexity index is 581. The Morgan fingerprint density at radius 1 is 1.25 bits per heavy atom. The van der Waals surface area contributed by atoms with Gasteiger partial charge in [0.25, 0.3) is 0 Å². The van der Waals surface area contributed by atoms with Crippen LogP contribution in [0.2, 0.25) is 0 Å². The first-order chi connectivity index (χ1) is 9.51. The van der Waals surface area contributed by atoms with Crippen LogP contribution in [0.25, 0.3) is 0 Å². The zero-order chi connectivity index (χ0) is 14.7. The standard InChI is InChI=1S/C14H13Br3FNS/c1-2-19-12(13-7-10(16)14(17)20-13)6-8-5-9(15)3-4-11(8)18/h3-5,7,12,19H,2,6H2,1H3. The molecule has 1 unspecified atom stereocenters. The summed E-state index contributed by atoms with van der Waals surface area (Å²) in [6.45, 7) is 2.90. The largest absolute Gasteiger partial charge is 0.309 e. The molecule has 1 N–H and O–H groups in total. The summed E-state index contributed by atoms with van der Waals surface area (Å²) in [5.74, 6) is -0.161. The molecule has 108 valence electrons. The molecular formula is C14H13Br3FNS. The second-order valence-electron chi connectivity index (χ2n) is 4.32. The Morgan fingerprint density at radius 3 is 2.60 bits per heavy atom. The number of likely N-dealkylation sites (N-methyl/N-ethyl adjacent to an activating group) is 1. The molecule has 2 aromatic rings. The molecule has 0 radical (unpaired) electrons. The van der Waals surface area contributed by atoms with Gasteiger partial charge in [0.1, 0.15) is 5.82 Å². The molecule has 0 amide bonds. The molecule has 1 aromatic heterocycles. The van der Waals surface area contributed by atoms with Gasteiger partial charge in [-0.2, -0.15) is 0 Å². The van der Waals surface area contributed by atoms with Crippen LogP contribution >= 0.6 is 59.1 Å². The zero-order valence-electron chi connectivity index (χ0n) is 10.7. The van der Waals surface area contributed by atoms with Gasteiger partial charge in [-0.15, -0.1) is 11.3 Å². The molecule has 2 rings (SSSR count). The first kappa shape index (κ1) is 16.6. The van der Waals surface area contributed by atoms with Gasteiger partial charge in [0.2, 0.25) is 0 Å². The van der Waals surface area contributed by atoms with E-state index < -0.39 is 0 Å². The summed E-state index contributed by atoms with van der Waals surface area (Å²) in [6, 6.07) is 7.26. The fourth-order valence-corrected chi connectivity index (χ4v) is 4.55. The minimum Gasteiger partial charge on any atom is -0.309 e. The van der Waals surface area contributed by atoms with E-state index in [1.54, 1.807) is 17.4 Å². The lowest BCUT2D eigenvalue weighted by atomic mass is 10.0. The molecule has 1 heterocycles. The zero-order valence-corrected chi connectivity index (χ0v) is 16.3. The van der Waals surface area contributed by atoms with Crippen LogP contribution in [0, 0.1) is 5.82 Å². The second-order valence-corrected chi connectivity index (χ2v) is 8.49. The molecular weight excluding hydrogens is 473 g/mol. The topological polar surface area (TPSA) is 12.0 Å². The minimum absolute atomic E-state index is 0.108. The fraction of sp³-hybridized carbons (Fsp3) is 0.286. The van der Waals surface area contributed by atoms with E-state index >= 15 is 0 Å². The van der Waals surface area contributed by atoms with E-state index in [0.717, 1.165) is 19.3 Å². The third-order valence-electron chi connectivity index (χ3n) is 2.89. The smallest absolute Gasteiger partial charge is 0.126 e. The van der Waals surface area contributed by atoms with Crippen molar-refractivity contribution in [2.75, 3.05) is 6.54 Å². The van der Waals surface area contributed by atoms with Gasteiger partial charge < -0.3 is 5.32 Å². The first-order valence-corrected chi connectivity index (χ1v) is 9.32. The summed E-state index contributed by atoms with van der Waals surface area (Å²) < 4.78 is 16.9. The van der Waals surface area contributed by atoms with Crippen molar-refractivity contribution in [2.45, 2.75) is 19.4 Å². The molecule has 6 heteroatoms. The van der Waals surface area contributed by atoms with Crippen molar-refractivity contribution in [3.63, 3.8) is 0 Å². The molecule has 20 heavy (non-hydrogen) atoms. The number of nitrogens with one attached hydrogen (secondary N) is 1. The minimum atomic E-state index is -0.161. The molecule has 1 nitrogen and oxygen atoms in total. The van der Waals surface area contributed by atoms with Crippen LogP contribution in [0.15, 0.2) is 37.0 Å². The van der Waals surface area contributed by atoms with Crippen molar-refractivity contribution in [1.29, 1.82) is 0 Å². The van der Waals surface area contributed by atoms with Gasteiger partial charge >= 0.3 is 0 Å². The van der Waals surface area contributed by atoms with Crippen molar-refractivity contribution >= 4 is 59.1 Å². The van der Waals surface area contributed by atoms with Crippen LogP contribution in [0.5, 0.6) is 0 Å². The van der Waals surface area contributed by atoms with Crippen LogP contribution in [0.1, 0.15) is 23.4 Å². The Balaban J connectivity index is 2.27. The molecule has 0 aliphatic heterocycles. The molecule has 0 bridgehead atoms. The average molecular weight is 486 g/mol. The second kappa shape index (κ2) is 7.49. The third-order valence-corrected chi connectivity index (χ3v) is 6.75. The van der Waals surface area contributed by atoms with E-state index in [9.17, 15) is 4.39 Å². The molecule has 0 fully saturated rings. The van der Waals surface area contributed by atoms with Crippen LogP contribution in [-0.2, 0) is 6.42 Å². The van der Waals surface area contributed by atoms with E-state index in [-0.39, 0.29) is 11.9 Å². The molecule has 1 atom stereocenters. The third kappa shape index (κ3) is 4.13. The lowest BCUT2D eigenvalue weighted by Gasteiger charge is -2.17. The highest BCUT2D eigenvalue weighted by atomic mass is 79.9. The van der Waals surface area contributed by atoms with E-state index in [1.165, 1.54) is 10.9 Å². The predicted molar refractivity (Wildman–Crippen MR) is 93.9 cm³/mol. The van der Waals surface area contributed by atoms with E-state index in [1.807, 2.05) is 6.07 Å². The maximum atomic E-state index is 13.9. The van der Waals surface area contributed by atoms with Gasteiger partial charge in [0.15, 0.2) is 0 Å². The van der Waals surface area contributed by atoms with Crippen molar-refractivity contribution in [3.8, 4) is 0 Å². The Hall–Kier alpha value is 0.250. The number of hydrogen-bond donors (Lipinski definition) is 1. The SMILES string of the molecule is CCNC(Cc1cc(Br)ccc1F)c1cc(Br)c(Br)s1. The fourth-order valence-electron chi connectivity index (χ4n) is 1.97. The van der Waals surface area contributed by atoms with Gasteiger partial charge in [-0.05, 0) is 74.7 Å². The highest BCUT2D eigenvalue weighted by Crippen LogP contribution is 2.36. The van der Waals surface area contributed by atoms with Gasteiger partial charge in [0.05, 0.1) is 3.79 Å². The van der Waals surface area contributed by atoms with E-state index in [0.29, 0.717) is 12.0 Å². The number of rotatable bonds is 5. The number of benzene rings is 1. The summed E-state index contributed by atoms with van der Waals surface area (Å²) in [6.07, 6.45) is 0.624. The predicted octanol–water partition coefficient (Wildman–Crippen LogP) is 6.07.